The van der Waals surface area contributed by atoms with Gasteiger partial charge in [0, 0.05) is 9.75 Å². The zero-order chi connectivity index (χ0) is 23.9. The Bertz CT molecular complexity index is 695. The van der Waals surface area contributed by atoms with Gasteiger partial charge in [-0.2, -0.15) is 0 Å². The Hall–Kier alpha value is 0.0138. The molecule has 0 aromatic carbocycles. The summed E-state index contributed by atoms with van der Waals surface area (Å²) in [4.78, 5) is 2.35. The molecule has 1 N–H and O–H groups in total. The van der Waals surface area contributed by atoms with Gasteiger partial charge in [0.05, 0.1) is 13.2 Å². The molecule has 180 valence electrons. The van der Waals surface area contributed by atoms with E-state index >= 15 is 0 Å². The molecule has 1 saturated carbocycles. The molecule has 1 aromatic rings. The molecule has 1 fully saturated rings. The highest BCUT2D eigenvalue weighted by atomic mass is 32.1. The molecule has 2 rings (SSSR count). The van der Waals surface area contributed by atoms with Gasteiger partial charge in [-0.1, -0.05) is 61.3 Å². The third-order valence-electron chi connectivity index (χ3n) is 8.35. The number of rotatable bonds is 7. The zero-order valence-corrected chi connectivity index (χ0v) is 24.9. The van der Waals surface area contributed by atoms with Crippen LogP contribution in [0.15, 0.2) is 6.07 Å². The molecule has 3 nitrogen and oxygen atoms in total. The summed E-state index contributed by atoms with van der Waals surface area (Å²) in [6.07, 6.45) is 4.28. The first-order valence-corrected chi connectivity index (χ1v) is 18.7. The van der Waals surface area contributed by atoms with Crippen molar-refractivity contribution in [3.8, 4) is 0 Å². The Labute approximate surface area is 198 Å². The minimum Gasteiger partial charge on any atom is -0.413 e. The lowest BCUT2D eigenvalue weighted by molar-refractivity contribution is -0.0438. The van der Waals surface area contributed by atoms with Crippen LogP contribution in [0, 0.1) is 5.92 Å². The molecule has 0 aliphatic heterocycles. The van der Waals surface area contributed by atoms with E-state index in [0.29, 0.717) is 19.1 Å². The van der Waals surface area contributed by atoms with Gasteiger partial charge in [0.1, 0.15) is 5.60 Å². The molecule has 0 spiro atoms. The first-order chi connectivity index (χ1) is 13.9. The Morgan fingerprint density at radius 2 is 1.48 bits per heavy atom. The summed E-state index contributed by atoms with van der Waals surface area (Å²) in [5.74, 6) is 0.295. The number of hydrogen-bond donors (Lipinski definition) is 1. The van der Waals surface area contributed by atoms with Gasteiger partial charge in [-0.15, -0.1) is 11.3 Å². The molecule has 1 aliphatic carbocycles. The number of thiophene rings is 1. The SMILES string of the molecule is CC1CCCCC1(O)c1cc(CO[Si](C)(C)C(C)(C)C)c(CO[Si](C)(C)C(C)(C)C)s1. The quantitative estimate of drug-likeness (QED) is 0.396. The summed E-state index contributed by atoms with van der Waals surface area (Å²) >= 11 is 1.76. The second-order valence-corrected chi connectivity index (χ2v) is 23.5. The summed E-state index contributed by atoms with van der Waals surface area (Å²) in [6, 6.07) is 2.24. The van der Waals surface area contributed by atoms with E-state index in [1.807, 2.05) is 0 Å². The molecule has 1 heterocycles. The van der Waals surface area contributed by atoms with Crippen LogP contribution in [0.4, 0.5) is 0 Å². The van der Waals surface area contributed by atoms with Crippen molar-refractivity contribution in [1.82, 2.24) is 0 Å². The van der Waals surface area contributed by atoms with Crippen molar-refractivity contribution >= 4 is 28.0 Å². The summed E-state index contributed by atoms with van der Waals surface area (Å²) in [5.41, 5.74) is 0.513. The monoisotopic (exact) mass is 484 g/mol. The topological polar surface area (TPSA) is 38.7 Å². The fraction of sp³-hybridized carbons (Fsp3) is 0.840. The fourth-order valence-corrected chi connectivity index (χ4v) is 6.86. The second-order valence-electron chi connectivity index (χ2n) is 12.7. The highest BCUT2D eigenvalue weighted by Crippen LogP contribution is 2.46. The molecule has 31 heavy (non-hydrogen) atoms. The van der Waals surface area contributed by atoms with Crippen molar-refractivity contribution < 1.29 is 14.0 Å². The molecule has 2 atom stereocenters. The van der Waals surface area contributed by atoms with Crippen LogP contribution in [-0.4, -0.2) is 21.7 Å². The van der Waals surface area contributed by atoms with Gasteiger partial charge in [0.15, 0.2) is 16.6 Å². The smallest absolute Gasteiger partial charge is 0.192 e. The van der Waals surface area contributed by atoms with Crippen molar-refractivity contribution in [2.75, 3.05) is 0 Å². The van der Waals surface area contributed by atoms with Gasteiger partial charge < -0.3 is 14.0 Å². The normalized spacial score (nSPS) is 23.9. The zero-order valence-electron chi connectivity index (χ0n) is 22.1. The van der Waals surface area contributed by atoms with Gasteiger partial charge in [-0.25, -0.2) is 0 Å². The third kappa shape index (κ3) is 6.12. The highest BCUT2D eigenvalue weighted by Gasteiger charge is 2.41. The first-order valence-electron chi connectivity index (χ1n) is 12.0. The number of hydrogen-bond acceptors (Lipinski definition) is 4. The average Bonchev–Trinajstić information content (AvgIpc) is 3.03. The van der Waals surface area contributed by atoms with Crippen LogP contribution in [0.1, 0.15) is 89.5 Å². The van der Waals surface area contributed by atoms with E-state index in [2.05, 4.69) is 80.7 Å². The minimum atomic E-state index is -1.85. The van der Waals surface area contributed by atoms with Gasteiger partial charge in [0.2, 0.25) is 0 Å². The Morgan fingerprint density at radius 3 is 1.97 bits per heavy atom. The molecular weight excluding hydrogens is 437 g/mol. The molecule has 6 heteroatoms. The lowest BCUT2D eigenvalue weighted by atomic mass is 9.75. The minimum absolute atomic E-state index is 0.180. The van der Waals surface area contributed by atoms with Crippen molar-refractivity contribution in [3.63, 3.8) is 0 Å². The van der Waals surface area contributed by atoms with Crippen LogP contribution in [0.5, 0.6) is 0 Å². The highest BCUT2D eigenvalue weighted by molar-refractivity contribution is 7.12. The predicted molar refractivity (Wildman–Crippen MR) is 140 cm³/mol. The van der Waals surface area contributed by atoms with E-state index in [-0.39, 0.29) is 10.1 Å². The molecule has 1 aliphatic rings. The van der Waals surface area contributed by atoms with Gasteiger partial charge in [0.25, 0.3) is 0 Å². The predicted octanol–water partition coefficient (Wildman–Crippen LogP) is 8.19. The van der Waals surface area contributed by atoms with E-state index in [1.54, 1.807) is 11.3 Å². The van der Waals surface area contributed by atoms with Crippen LogP contribution in [0.2, 0.25) is 36.3 Å². The lowest BCUT2D eigenvalue weighted by Gasteiger charge is -2.37. The molecular formula is C25H48O3SSi2. The molecule has 2 unspecified atom stereocenters. The maximum absolute atomic E-state index is 11.6. The number of aliphatic hydroxyl groups is 1. The average molecular weight is 485 g/mol. The standard InChI is InChI=1S/C25H48O3SSi2/c1-19-14-12-13-15-25(19,26)22-16-20(17-27-30(8,9)23(2,3)4)21(29-22)18-28-31(10,11)24(5,6)7/h16,19,26H,12-15,17-18H2,1-11H3. The van der Waals surface area contributed by atoms with E-state index in [9.17, 15) is 5.11 Å². The van der Waals surface area contributed by atoms with E-state index in [4.69, 9.17) is 8.85 Å². The van der Waals surface area contributed by atoms with E-state index in [1.165, 1.54) is 16.9 Å². The summed E-state index contributed by atoms with van der Waals surface area (Å²) < 4.78 is 13.2. The Morgan fingerprint density at radius 1 is 0.968 bits per heavy atom. The summed E-state index contributed by atoms with van der Waals surface area (Å²) in [5, 5.41) is 12.0. The van der Waals surface area contributed by atoms with Gasteiger partial charge in [-0.05, 0) is 66.7 Å². The molecule has 0 saturated heterocycles. The van der Waals surface area contributed by atoms with Gasteiger partial charge in [-0.3, -0.25) is 0 Å². The third-order valence-corrected chi connectivity index (χ3v) is 18.6. The van der Waals surface area contributed by atoms with E-state index < -0.39 is 22.2 Å². The fourth-order valence-electron chi connectivity index (χ4n) is 3.56. The largest absolute Gasteiger partial charge is 0.413 e. The van der Waals surface area contributed by atoms with Crippen LogP contribution in [0.25, 0.3) is 0 Å². The van der Waals surface area contributed by atoms with Crippen LogP contribution < -0.4 is 0 Å². The van der Waals surface area contributed by atoms with Crippen LogP contribution in [0.3, 0.4) is 0 Å². The van der Waals surface area contributed by atoms with E-state index in [0.717, 1.165) is 24.1 Å². The maximum Gasteiger partial charge on any atom is 0.192 e. The maximum atomic E-state index is 11.6. The second kappa shape index (κ2) is 9.34. The Balaban J connectivity index is 2.34. The molecule has 0 bridgehead atoms. The lowest BCUT2D eigenvalue weighted by Crippen LogP contribution is -2.41. The van der Waals surface area contributed by atoms with Crippen LogP contribution in [-0.2, 0) is 27.7 Å². The molecule has 0 radical (unpaired) electrons. The van der Waals surface area contributed by atoms with Crippen molar-refractivity contribution in [1.29, 1.82) is 0 Å². The van der Waals surface area contributed by atoms with Crippen molar-refractivity contribution in [3.05, 3.63) is 21.4 Å². The van der Waals surface area contributed by atoms with Gasteiger partial charge >= 0.3 is 0 Å². The summed E-state index contributed by atoms with van der Waals surface area (Å²) in [6.45, 7) is 26.4. The van der Waals surface area contributed by atoms with Crippen molar-refractivity contribution in [2.24, 2.45) is 5.92 Å². The molecule has 0 amide bonds. The van der Waals surface area contributed by atoms with Crippen LogP contribution >= 0.6 is 11.3 Å². The molecule has 1 aromatic heterocycles. The Kier molecular flexibility index (Phi) is 8.21. The first kappa shape index (κ1) is 27.3. The summed E-state index contributed by atoms with van der Waals surface area (Å²) in [7, 11) is -3.70. The van der Waals surface area contributed by atoms with Crippen molar-refractivity contribution in [2.45, 2.75) is 129 Å².